The quantitative estimate of drug-likeness (QED) is 0.613. The average molecular weight is 211 g/mol. The fourth-order valence-corrected chi connectivity index (χ4v) is 12.8. The van der Waals surface area contributed by atoms with Gasteiger partial charge in [0.2, 0.25) is 7.56 Å². The Kier molecular flexibility index (Phi) is 2.58. The van der Waals surface area contributed by atoms with Gasteiger partial charge in [0.1, 0.15) is 13.9 Å². The van der Waals surface area contributed by atoms with E-state index in [4.69, 9.17) is 0 Å². The van der Waals surface area contributed by atoms with Crippen molar-refractivity contribution in [2.45, 2.75) is 0 Å². The van der Waals surface area contributed by atoms with Crippen molar-refractivity contribution in [1.82, 2.24) is 4.86 Å². The van der Waals surface area contributed by atoms with Crippen LogP contribution < -0.4 is 4.86 Å². The van der Waals surface area contributed by atoms with Gasteiger partial charge in [-0.2, -0.15) is 0 Å². The molecule has 0 aliphatic carbocycles. The molecule has 0 aromatic heterocycles. The summed E-state index contributed by atoms with van der Waals surface area (Å²) in [6, 6.07) is 0. The molecule has 3 nitrogen and oxygen atoms in total. The predicted octanol–water partition coefficient (Wildman–Crippen LogP) is 3.28. The van der Waals surface area contributed by atoms with Crippen LogP contribution >= 0.6 is 22.6 Å². The molecule has 11 heavy (non-hydrogen) atoms. The smallest absolute Gasteiger partial charge is 0.127 e. The zero-order chi connectivity index (χ0) is 8.70. The number of nitrogens with one attached hydrogen (secondary N) is 1. The highest BCUT2D eigenvalue weighted by Crippen LogP contribution is 2.67. The van der Waals surface area contributed by atoms with E-state index in [1.165, 1.54) is 0 Å². The van der Waals surface area contributed by atoms with Crippen molar-refractivity contribution < 1.29 is 0 Å². The lowest BCUT2D eigenvalue weighted by Crippen LogP contribution is -2.09. The van der Waals surface area contributed by atoms with E-state index < -0.39 is 14.8 Å². The number of nitrogens with zero attached hydrogens (tertiary/aromatic N) is 2. The third-order valence-electron chi connectivity index (χ3n) is 1.20. The molecule has 1 atom stereocenters. The lowest BCUT2D eigenvalue weighted by Gasteiger charge is -2.18. The summed E-state index contributed by atoms with van der Waals surface area (Å²) in [7, 11) is -2.69. The summed E-state index contributed by atoms with van der Waals surface area (Å²) < 4.78 is 9.27. The van der Waals surface area contributed by atoms with Crippen LogP contribution in [-0.4, -0.2) is 33.3 Å². The maximum absolute atomic E-state index is 4.64. The molecule has 0 amide bonds. The van der Waals surface area contributed by atoms with Gasteiger partial charge in [-0.3, -0.25) is 0 Å². The molecule has 1 aliphatic heterocycles. The maximum Gasteiger partial charge on any atom is 0.387 e. The van der Waals surface area contributed by atoms with Crippen molar-refractivity contribution in [1.29, 1.82) is 0 Å². The van der Waals surface area contributed by atoms with Gasteiger partial charge >= 0.3 is 7.86 Å². The van der Waals surface area contributed by atoms with Crippen LogP contribution in [0.25, 0.3) is 0 Å². The molecule has 1 heterocycles. The van der Waals surface area contributed by atoms with Crippen LogP contribution in [-0.2, 0) is 0 Å². The minimum atomic E-state index is -1.15. The van der Waals surface area contributed by atoms with Gasteiger partial charge in [0.25, 0.3) is 0 Å². The van der Waals surface area contributed by atoms with E-state index in [2.05, 4.69) is 47.2 Å². The summed E-state index contributed by atoms with van der Waals surface area (Å²) in [5, 5.41) is 0. The Morgan fingerprint density at radius 3 is 2.27 bits per heavy atom. The Bertz CT molecular complexity index is 250. The molecule has 64 valence electrons. The van der Waals surface area contributed by atoms with E-state index in [-0.39, 0.29) is 7.86 Å². The second-order valence-electron chi connectivity index (χ2n) is 3.56. The largest absolute Gasteiger partial charge is 0.387 e. The standard InChI is InChI=1S/C5H16N3P3/c1-9-6-10(2,3)8-11(4,5)7-9/h8H,1-5H3/q+2. The van der Waals surface area contributed by atoms with Crippen molar-refractivity contribution >= 4 is 22.6 Å². The van der Waals surface area contributed by atoms with Gasteiger partial charge in [-0.05, 0) is 17.8 Å². The normalized spacial score (nSPS) is 30.5. The van der Waals surface area contributed by atoms with Crippen molar-refractivity contribution in [2.75, 3.05) is 33.3 Å². The van der Waals surface area contributed by atoms with Crippen LogP contribution in [0.1, 0.15) is 0 Å². The number of hydrogen-bond donors (Lipinski definition) is 1. The fourth-order valence-electron chi connectivity index (χ4n) is 1.30. The fraction of sp³-hybridized carbons (Fsp3) is 1.00. The first kappa shape index (κ1) is 9.81. The minimum Gasteiger partial charge on any atom is -0.127 e. The molecule has 6 heteroatoms. The number of hydrogen-bond acceptors (Lipinski definition) is 3. The highest BCUT2D eigenvalue weighted by molar-refractivity contribution is 7.88. The topological polar surface area (TPSA) is 36.8 Å². The molecule has 0 aromatic rings. The Morgan fingerprint density at radius 2 is 1.91 bits per heavy atom. The predicted molar refractivity (Wildman–Crippen MR) is 58.4 cm³/mol. The maximum atomic E-state index is 4.64. The molecular formula is C5H16N3P3+2. The summed E-state index contributed by atoms with van der Waals surface area (Å²) in [6.45, 7) is 11.0. The van der Waals surface area contributed by atoms with Gasteiger partial charge < -0.3 is 0 Å². The van der Waals surface area contributed by atoms with Gasteiger partial charge in [-0.15, -0.1) is 4.86 Å². The molecule has 1 unspecified atom stereocenters. The highest BCUT2D eigenvalue weighted by Gasteiger charge is 2.39. The zero-order valence-corrected chi connectivity index (χ0v) is 10.4. The highest BCUT2D eigenvalue weighted by atomic mass is 31.3. The van der Waals surface area contributed by atoms with Crippen LogP contribution in [0.2, 0.25) is 0 Å². The first-order chi connectivity index (χ1) is 4.81. The summed E-state index contributed by atoms with van der Waals surface area (Å²) in [6.07, 6.45) is 0. The van der Waals surface area contributed by atoms with Crippen molar-refractivity contribution in [2.24, 2.45) is 9.03 Å². The third kappa shape index (κ3) is 2.92. The first-order valence-electron chi connectivity index (χ1n) is 3.48. The van der Waals surface area contributed by atoms with Crippen LogP contribution in [0.5, 0.6) is 0 Å². The van der Waals surface area contributed by atoms with Gasteiger partial charge in [0.15, 0.2) is 0 Å². The Balaban J connectivity index is 3.03. The zero-order valence-electron chi connectivity index (χ0n) is 7.74. The lowest BCUT2D eigenvalue weighted by atomic mass is 11.9. The Hall–Kier alpha value is 0.720. The van der Waals surface area contributed by atoms with Gasteiger partial charge in [0, 0.05) is 0 Å². The van der Waals surface area contributed by atoms with Crippen molar-refractivity contribution in [3.63, 3.8) is 0 Å². The first-order valence-corrected chi connectivity index (χ1v) is 10.4. The summed E-state index contributed by atoms with van der Waals surface area (Å²) in [5.41, 5.74) is 0. The summed E-state index contributed by atoms with van der Waals surface area (Å²) in [4.78, 5) is 3.57. The number of rotatable bonds is 0. The molecule has 0 radical (unpaired) electrons. The molecule has 0 saturated carbocycles. The van der Waals surface area contributed by atoms with E-state index in [9.17, 15) is 0 Å². The Labute approximate surface area is 70.4 Å². The molecule has 1 rings (SSSR count). The van der Waals surface area contributed by atoms with Gasteiger partial charge in [-0.1, -0.05) is 0 Å². The van der Waals surface area contributed by atoms with Gasteiger partial charge in [0.05, 0.1) is 17.8 Å². The average Bonchev–Trinajstić information content (AvgIpc) is 1.49. The third-order valence-corrected chi connectivity index (χ3v) is 10.8. The van der Waals surface area contributed by atoms with E-state index in [0.717, 1.165) is 0 Å². The van der Waals surface area contributed by atoms with Crippen molar-refractivity contribution in [3.8, 4) is 0 Å². The van der Waals surface area contributed by atoms with Crippen LogP contribution in [0.4, 0.5) is 0 Å². The molecule has 0 saturated heterocycles. The van der Waals surface area contributed by atoms with E-state index >= 15 is 0 Å². The van der Waals surface area contributed by atoms with Gasteiger partial charge in [-0.25, -0.2) is 0 Å². The monoisotopic (exact) mass is 211 g/mol. The van der Waals surface area contributed by atoms with E-state index in [1.54, 1.807) is 0 Å². The molecule has 0 aromatic carbocycles. The Morgan fingerprint density at radius 1 is 1.36 bits per heavy atom. The van der Waals surface area contributed by atoms with Crippen molar-refractivity contribution in [3.05, 3.63) is 0 Å². The van der Waals surface area contributed by atoms with Crippen LogP contribution in [0, 0.1) is 0 Å². The molecule has 0 bridgehead atoms. The summed E-state index contributed by atoms with van der Waals surface area (Å²) >= 11 is 0. The van der Waals surface area contributed by atoms with Crippen LogP contribution in [0.3, 0.4) is 0 Å². The SMILES string of the molecule is C[P+]1=N[P+](C)(C)NP(C)(C)=N1. The lowest BCUT2D eigenvalue weighted by molar-refractivity contribution is 1.46. The molecule has 0 spiro atoms. The molecule has 1 N–H and O–H groups in total. The molecular weight excluding hydrogens is 195 g/mol. The second-order valence-corrected chi connectivity index (χ2v) is 12.3. The van der Waals surface area contributed by atoms with E-state index in [0.29, 0.717) is 0 Å². The minimum absolute atomic E-state index is 0.381. The molecule has 1 aliphatic rings. The molecule has 0 fully saturated rings. The summed E-state index contributed by atoms with van der Waals surface area (Å²) in [5.74, 6) is 0. The second kappa shape index (κ2) is 2.89. The van der Waals surface area contributed by atoms with E-state index in [1.807, 2.05) is 0 Å². The van der Waals surface area contributed by atoms with Crippen LogP contribution in [0.15, 0.2) is 9.03 Å².